The van der Waals surface area contributed by atoms with Crippen molar-refractivity contribution in [3.05, 3.63) is 52.4 Å². The summed E-state index contributed by atoms with van der Waals surface area (Å²) in [4.78, 5) is 0.805. The van der Waals surface area contributed by atoms with E-state index in [0.717, 1.165) is 27.4 Å². The van der Waals surface area contributed by atoms with Gasteiger partial charge in [0.1, 0.15) is 11.5 Å². The Hall–Kier alpha value is -0.910. The number of furan rings is 1. The summed E-state index contributed by atoms with van der Waals surface area (Å²) in [5.41, 5.74) is 0. The first-order chi connectivity index (χ1) is 9.19. The molecule has 3 nitrogen and oxygen atoms in total. The third-order valence-corrected chi connectivity index (χ3v) is 4.42. The van der Waals surface area contributed by atoms with Crippen molar-refractivity contribution in [2.45, 2.75) is 24.1 Å². The lowest BCUT2D eigenvalue weighted by molar-refractivity contribution is 0.461. The molecule has 2 aromatic rings. The maximum atomic E-state index is 12.2. The van der Waals surface area contributed by atoms with E-state index in [1.54, 1.807) is 0 Å². The van der Waals surface area contributed by atoms with Gasteiger partial charge >= 0.3 is 0 Å². The van der Waals surface area contributed by atoms with E-state index in [9.17, 15) is 4.21 Å². The molecule has 0 saturated carbocycles. The van der Waals surface area contributed by atoms with Crippen LogP contribution in [0.15, 0.2) is 50.2 Å². The van der Waals surface area contributed by atoms with Gasteiger partial charge < -0.3 is 9.73 Å². The second-order valence-corrected chi connectivity index (χ2v) is 6.46. The zero-order valence-corrected chi connectivity index (χ0v) is 13.1. The van der Waals surface area contributed by atoms with Crippen molar-refractivity contribution in [3.63, 3.8) is 0 Å². The Kier molecular flexibility index (Phi) is 5.36. The van der Waals surface area contributed by atoms with Gasteiger partial charge in [-0.25, -0.2) is 0 Å². The zero-order valence-electron chi connectivity index (χ0n) is 10.7. The van der Waals surface area contributed by atoms with Gasteiger partial charge in [-0.2, -0.15) is 0 Å². The molecule has 0 bridgehead atoms. The molecule has 1 aromatic heterocycles. The fourth-order valence-electron chi connectivity index (χ4n) is 1.66. The Morgan fingerprint density at radius 2 is 2.05 bits per heavy atom. The van der Waals surface area contributed by atoms with Crippen LogP contribution in [-0.2, 0) is 23.1 Å². The molecule has 1 N–H and O–H groups in total. The van der Waals surface area contributed by atoms with Gasteiger partial charge in [0, 0.05) is 9.37 Å². The van der Waals surface area contributed by atoms with Crippen LogP contribution in [0, 0.1) is 0 Å². The topological polar surface area (TPSA) is 42.2 Å². The summed E-state index contributed by atoms with van der Waals surface area (Å²) in [7, 11) is -1.08. The van der Waals surface area contributed by atoms with Crippen molar-refractivity contribution in [2.24, 2.45) is 0 Å². The summed E-state index contributed by atoms with van der Waals surface area (Å²) in [5.74, 6) is 2.04. The number of hydrogen-bond donors (Lipinski definition) is 1. The second-order valence-electron chi connectivity index (χ2n) is 4.10. The van der Waals surface area contributed by atoms with Crippen LogP contribution in [-0.4, -0.2) is 10.8 Å². The van der Waals surface area contributed by atoms with Crippen molar-refractivity contribution < 1.29 is 8.63 Å². The molecule has 5 heteroatoms. The summed E-state index contributed by atoms with van der Waals surface area (Å²) >= 11 is 3.38. The quantitative estimate of drug-likeness (QED) is 0.874. The highest BCUT2D eigenvalue weighted by Gasteiger charge is 2.09. The summed E-state index contributed by atoms with van der Waals surface area (Å²) in [5, 5.41) is 3.19. The molecule has 1 atom stereocenters. The predicted octanol–water partition coefficient (Wildman–Crippen LogP) is 3.46. The smallest absolute Gasteiger partial charge is 0.118 e. The number of hydrogen-bond acceptors (Lipinski definition) is 3. The first-order valence-electron chi connectivity index (χ1n) is 6.11. The molecule has 102 valence electrons. The van der Waals surface area contributed by atoms with Gasteiger partial charge in [0.15, 0.2) is 0 Å². The highest BCUT2D eigenvalue weighted by atomic mass is 79.9. The fourth-order valence-corrected chi connectivity index (χ4v) is 3.28. The van der Waals surface area contributed by atoms with Crippen LogP contribution < -0.4 is 5.32 Å². The van der Waals surface area contributed by atoms with E-state index in [4.69, 9.17) is 4.42 Å². The lowest BCUT2D eigenvalue weighted by atomic mass is 10.4. The lowest BCUT2D eigenvalue weighted by Gasteiger charge is -2.01. The van der Waals surface area contributed by atoms with E-state index in [0.29, 0.717) is 12.3 Å². The first kappa shape index (κ1) is 14.5. The van der Waals surface area contributed by atoms with Crippen LogP contribution in [0.5, 0.6) is 0 Å². The normalized spacial score (nSPS) is 12.5. The molecule has 1 unspecified atom stereocenters. The predicted molar refractivity (Wildman–Crippen MR) is 80.3 cm³/mol. The second kappa shape index (κ2) is 7.03. The Balaban J connectivity index is 2.00. The van der Waals surface area contributed by atoms with E-state index >= 15 is 0 Å². The third-order valence-electron chi connectivity index (χ3n) is 2.60. The summed E-state index contributed by atoms with van der Waals surface area (Å²) in [6.45, 7) is 3.66. The summed E-state index contributed by atoms with van der Waals surface area (Å²) in [6, 6.07) is 11.4. The molecule has 0 spiro atoms. The molecule has 2 rings (SSSR count). The minimum Gasteiger partial charge on any atom is -0.464 e. The minimum absolute atomic E-state index is 0.405. The number of benzene rings is 1. The largest absolute Gasteiger partial charge is 0.464 e. The molecular formula is C14H16BrNO2S. The van der Waals surface area contributed by atoms with Gasteiger partial charge in [-0.15, -0.1) is 0 Å². The standard InChI is InChI=1S/C14H16BrNO2S/c1-2-16-9-12-6-7-13(18-12)10-19(17)14-5-3-4-11(15)8-14/h3-8,16H,2,9-10H2,1H3. The SMILES string of the molecule is CCNCc1ccc(CS(=O)c2cccc(Br)c2)o1. The van der Waals surface area contributed by atoms with E-state index < -0.39 is 10.8 Å². The fraction of sp³-hybridized carbons (Fsp3) is 0.286. The maximum absolute atomic E-state index is 12.2. The van der Waals surface area contributed by atoms with Gasteiger partial charge in [0.25, 0.3) is 0 Å². The average molecular weight is 342 g/mol. The highest BCUT2D eigenvalue weighted by Crippen LogP contribution is 2.18. The molecule has 0 amide bonds. The Labute approximate surface area is 124 Å². The average Bonchev–Trinajstić information content (AvgIpc) is 2.84. The molecule has 0 aliphatic heterocycles. The summed E-state index contributed by atoms with van der Waals surface area (Å²) < 4.78 is 18.8. The van der Waals surface area contributed by atoms with Crippen LogP contribution >= 0.6 is 15.9 Å². The van der Waals surface area contributed by atoms with Crippen molar-refractivity contribution in [2.75, 3.05) is 6.54 Å². The third kappa shape index (κ3) is 4.30. The molecule has 0 aliphatic rings. The van der Waals surface area contributed by atoms with E-state index in [-0.39, 0.29) is 0 Å². The molecule has 0 fully saturated rings. The maximum Gasteiger partial charge on any atom is 0.118 e. The van der Waals surface area contributed by atoms with Gasteiger partial charge in [0.05, 0.1) is 23.1 Å². The van der Waals surface area contributed by atoms with Crippen LogP contribution in [0.3, 0.4) is 0 Å². The monoisotopic (exact) mass is 341 g/mol. The Bertz CT molecular complexity index is 568. The van der Waals surface area contributed by atoms with Gasteiger partial charge in [-0.05, 0) is 36.9 Å². The van der Waals surface area contributed by atoms with Crippen LogP contribution in [0.1, 0.15) is 18.4 Å². The van der Waals surface area contributed by atoms with Crippen molar-refractivity contribution in [1.29, 1.82) is 0 Å². The number of rotatable bonds is 6. The molecular weight excluding hydrogens is 326 g/mol. The lowest BCUT2D eigenvalue weighted by Crippen LogP contribution is -2.10. The van der Waals surface area contributed by atoms with Gasteiger partial charge in [-0.1, -0.05) is 28.9 Å². The molecule has 1 aromatic carbocycles. The van der Waals surface area contributed by atoms with Crippen molar-refractivity contribution in [3.8, 4) is 0 Å². The molecule has 0 radical (unpaired) electrons. The van der Waals surface area contributed by atoms with Gasteiger partial charge in [0.2, 0.25) is 0 Å². The van der Waals surface area contributed by atoms with Crippen molar-refractivity contribution >= 4 is 26.7 Å². The molecule has 0 saturated heterocycles. The Morgan fingerprint density at radius 1 is 1.26 bits per heavy atom. The van der Waals surface area contributed by atoms with Crippen LogP contribution in [0.25, 0.3) is 0 Å². The molecule has 1 heterocycles. The Morgan fingerprint density at radius 3 is 2.79 bits per heavy atom. The summed E-state index contributed by atoms with van der Waals surface area (Å²) in [6.07, 6.45) is 0. The van der Waals surface area contributed by atoms with Gasteiger partial charge in [-0.3, -0.25) is 4.21 Å². The highest BCUT2D eigenvalue weighted by molar-refractivity contribution is 9.10. The van der Waals surface area contributed by atoms with E-state index in [1.165, 1.54) is 0 Å². The minimum atomic E-state index is -1.08. The zero-order chi connectivity index (χ0) is 13.7. The molecule has 19 heavy (non-hydrogen) atoms. The van der Waals surface area contributed by atoms with Crippen LogP contribution in [0.4, 0.5) is 0 Å². The van der Waals surface area contributed by atoms with E-state index in [2.05, 4.69) is 21.2 Å². The first-order valence-corrected chi connectivity index (χ1v) is 8.22. The number of nitrogens with one attached hydrogen (secondary N) is 1. The number of halogens is 1. The molecule has 0 aliphatic carbocycles. The van der Waals surface area contributed by atoms with Crippen LogP contribution in [0.2, 0.25) is 0 Å². The van der Waals surface area contributed by atoms with E-state index in [1.807, 2.05) is 43.3 Å². The van der Waals surface area contributed by atoms with Crippen molar-refractivity contribution in [1.82, 2.24) is 5.32 Å².